The number of benzene rings is 1. The maximum absolute atomic E-state index is 13.2. The average molecular weight is 669 g/mol. The van der Waals surface area contributed by atoms with E-state index in [1.54, 1.807) is 24.3 Å². The zero-order valence-corrected chi connectivity index (χ0v) is 25.7. The zero-order valence-electron chi connectivity index (χ0n) is 24.1. The Bertz CT molecular complexity index is 1570. The SMILES string of the molecule is CC1(C)[C@H](NC(=O)/C(=N\O[C@H](COc2ccc(C(=N)N[C@@H]3CCCNC3)cc2)C(=O)O)c2csc(N)n2)C(=O)N1OS(=O)(=O)O. The maximum atomic E-state index is 13.2. The molecule has 2 aliphatic rings. The summed E-state index contributed by atoms with van der Waals surface area (Å²) in [5.74, 6) is -2.95. The molecule has 8 N–H and O–H groups in total. The number of β-lactam (4-membered cyclic amide) rings is 1. The molecular weight excluding hydrogens is 636 g/mol. The fourth-order valence-corrected chi connectivity index (χ4v) is 5.44. The molecule has 0 spiro atoms. The molecule has 1 aromatic carbocycles. The number of carboxylic acid groups (broad SMARTS) is 1. The molecule has 0 saturated carbocycles. The number of amides is 2. The Morgan fingerprint density at radius 2 is 2.02 bits per heavy atom. The Balaban J connectivity index is 1.41. The number of nitrogens with zero attached hydrogens (tertiary/aromatic N) is 3. The van der Waals surface area contributed by atoms with E-state index in [1.165, 1.54) is 19.2 Å². The number of rotatable bonds is 13. The standard InChI is InChI=1S/C25H32N8O10S2/c1-25(2)19(22(35)33(25)43-45(38,39)40)31-21(34)18(16-12-44-24(27)30-16)32-42-17(23(36)37)11-41-15-7-5-13(6-8-15)20(26)29-14-4-3-9-28-10-14/h5-8,12,14,17,19,28H,3-4,9-11H2,1-2H3,(H2,26,29)(H2,27,30)(H,31,34)(H,36,37)(H,38,39,40)/b32-18-/t14-,17-,19-/m1/s1. The van der Waals surface area contributed by atoms with Crippen molar-refractivity contribution in [2.45, 2.75) is 50.4 Å². The summed E-state index contributed by atoms with van der Waals surface area (Å²) in [7, 11) is -5.02. The smallest absolute Gasteiger partial charge is 0.418 e. The molecule has 0 radical (unpaired) electrons. The van der Waals surface area contributed by atoms with Crippen molar-refractivity contribution in [1.82, 2.24) is 26.0 Å². The number of oxime groups is 1. The lowest BCUT2D eigenvalue weighted by atomic mass is 9.84. The number of hydrogen-bond donors (Lipinski definition) is 7. The van der Waals surface area contributed by atoms with E-state index in [1.807, 2.05) is 0 Å². The van der Waals surface area contributed by atoms with Gasteiger partial charge in [0.15, 0.2) is 10.8 Å². The number of ether oxygens (including phenoxy) is 1. The van der Waals surface area contributed by atoms with Gasteiger partial charge in [-0.15, -0.1) is 15.6 Å². The average Bonchev–Trinajstić information content (AvgIpc) is 3.41. The van der Waals surface area contributed by atoms with E-state index in [0.29, 0.717) is 10.6 Å². The number of amidine groups is 1. The van der Waals surface area contributed by atoms with Crippen LogP contribution >= 0.6 is 11.3 Å². The molecular formula is C25H32N8O10S2. The third-order valence-corrected chi connectivity index (χ3v) is 7.85. The molecule has 4 rings (SSSR count). The van der Waals surface area contributed by atoms with Gasteiger partial charge in [0.1, 0.15) is 29.9 Å². The molecule has 3 atom stereocenters. The minimum absolute atomic E-state index is 0.0542. The van der Waals surface area contributed by atoms with E-state index in [4.69, 9.17) is 25.3 Å². The van der Waals surface area contributed by atoms with E-state index in [2.05, 4.69) is 30.4 Å². The molecule has 3 heterocycles. The van der Waals surface area contributed by atoms with Gasteiger partial charge in [0, 0.05) is 23.5 Å². The molecule has 45 heavy (non-hydrogen) atoms. The largest absolute Gasteiger partial charge is 0.489 e. The molecule has 2 amide bonds. The van der Waals surface area contributed by atoms with Crippen LogP contribution in [0.5, 0.6) is 5.75 Å². The Morgan fingerprint density at radius 3 is 2.58 bits per heavy atom. The van der Waals surface area contributed by atoms with Crippen molar-refractivity contribution in [2.24, 2.45) is 5.16 Å². The Labute approximate surface area is 261 Å². The van der Waals surface area contributed by atoms with Gasteiger partial charge in [-0.1, -0.05) is 5.16 Å². The van der Waals surface area contributed by atoms with Crippen LogP contribution < -0.4 is 26.4 Å². The van der Waals surface area contributed by atoms with E-state index >= 15 is 0 Å². The topological polar surface area (TPSA) is 268 Å². The number of thiazole rings is 1. The van der Waals surface area contributed by atoms with Crippen LogP contribution in [0.2, 0.25) is 0 Å². The van der Waals surface area contributed by atoms with E-state index < -0.39 is 58.2 Å². The summed E-state index contributed by atoms with van der Waals surface area (Å²) in [6.45, 7) is 3.91. The molecule has 2 saturated heterocycles. The molecule has 18 nitrogen and oxygen atoms in total. The first kappa shape index (κ1) is 33.5. The second-order valence-electron chi connectivity index (χ2n) is 10.5. The summed E-state index contributed by atoms with van der Waals surface area (Å²) in [6.07, 6.45) is 0.281. The van der Waals surface area contributed by atoms with Crippen molar-refractivity contribution in [3.05, 3.63) is 40.9 Å². The maximum Gasteiger partial charge on any atom is 0.418 e. The van der Waals surface area contributed by atoms with Crippen LogP contribution in [0, 0.1) is 5.41 Å². The number of hydrogen-bond acceptors (Lipinski definition) is 14. The second kappa shape index (κ2) is 13.7. The normalized spacial score (nSPS) is 20.5. The first-order chi connectivity index (χ1) is 21.2. The highest BCUT2D eigenvalue weighted by atomic mass is 32.3. The van der Waals surface area contributed by atoms with Crippen LogP contribution in [0.1, 0.15) is 37.9 Å². The third kappa shape index (κ3) is 8.42. The summed E-state index contributed by atoms with van der Waals surface area (Å²) in [5, 5.41) is 32.3. The van der Waals surface area contributed by atoms with E-state index in [9.17, 15) is 27.9 Å². The van der Waals surface area contributed by atoms with Crippen LogP contribution in [-0.4, -0.2) is 101 Å². The molecule has 0 aliphatic carbocycles. The number of nitrogens with one attached hydrogen (secondary N) is 4. The second-order valence-corrected chi connectivity index (χ2v) is 12.4. The Kier molecular flexibility index (Phi) is 10.2. The molecule has 0 unspecified atom stereocenters. The molecule has 1 aromatic heterocycles. The number of aliphatic carboxylic acids is 1. The van der Waals surface area contributed by atoms with Crippen molar-refractivity contribution in [3.8, 4) is 5.75 Å². The van der Waals surface area contributed by atoms with Crippen molar-refractivity contribution in [3.63, 3.8) is 0 Å². The highest BCUT2D eigenvalue weighted by Crippen LogP contribution is 2.33. The number of carbonyl (C=O) groups is 3. The highest BCUT2D eigenvalue weighted by Gasteiger charge is 2.58. The number of hydroxylamine groups is 2. The van der Waals surface area contributed by atoms with Gasteiger partial charge < -0.3 is 36.4 Å². The minimum Gasteiger partial charge on any atom is -0.489 e. The van der Waals surface area contributed by atoms with Gasteiger partial charge in [-0.3, -0.25) is 19.6 Å². The Morgan fingerprint density at radius 1 is 1.31 bits per heavy atom. The van der Waals surface area contributed by atoms with E-state index in [0.717, 1.165) is 37.3 Å². The number of nitrogens with two attached hydrogens (primary N) is 1. The summed E-state index contributed by atoms with van der Waals surface area (Å²) in [5.41, 5.74) is 4.24. The van der Waals surface area contributed by atoms with Crippen LogP contribution in [0.4, 0.5) is 5.13 Å². The van der Waals surface area contributed by atoms with Crippen LogP contribution in [0.25, 0.3) is 0 Å². The first-order valence-electron chi connectivity index (χ1n) is 13.4. The third-order valence-electron chi connectivity index (χ3n) is 6.84. The van der Waals surface area contributed by atoms with Gasteiger partial charge in [0.2, 0.25) is 0 Å². The van der Waals surface area contributed by atoms with Gasteiger partial charge in [-0.25, -0.2) is 9.78 Å². The van der Waals surface area contributed by atoms with Crippen molar-refractivity contribution in [1.29, 1.82) is 5.41 Å². The fraction of sp³-hybridized carbons (Fsp3) is 0.440. The van der Waals surface area contributed by atoms with Gasteiger partial charge in [0.05, 0.1) is 5.54 Å². The van der Waals surface area contributed by atoms with E-state index in [-0.39, 0.29) is 28.5 Å². The number of carboxylic acids is 1. The number of carbonyl (C=O) groups excluding carboxylic acids is 2. The number of anilines is 1. The van der Waals surface area contributed by atoms with Crippen molar-refractivity contribution < 1.29 is 46.3 Å². The number of piperidine rings is 1. The van der Waals surface area contributed by atoms with Crippen LogP contribution in [-0.2, 0) is 33.9 Å². The lowest BCUT2D eigenvalue weighted by molar-refractivity contribution is -0.218. The van der Waals surface area contributed by atoms with Crippen molar-refractivity contribution in [2.75, 3.05) is 25.4 Å². The summed E-state index contributed by atoms with van der Waals surface area (Å²) < 4.78 is 40.9. The van der Waals surface area contributed by atoms with Gasteiger partial charge in [-0.05, 0) is 57.5 Å². The lowest BCUT2D eigenvalue weighted by Gasteiger charge is -2.50. The summed E-state index contributed by atoms with van der Waals surface area (Å²) in [4.78, 5) is 46.7. The molecule has 0 bridgehead atoms. The molecule has 2 aromatic rings. The highest BCUT2D eigenvalue weighted by molar-refractivity contribution is 7.80. The zero-order chi connectivity index (χ0) is 32.9. The molecule has 2 fully saturated rings. The van der Waals surface area contributed by atoms with Crippen LogP contribution in [0.3, 0.4) is 0 Å². The molecule has 2 aliphatic heterocycles. The van der Waals surface area contributed by atoms with Gasteiger partial charge in [0.25, 0.3) is 17.9 Å². The monoisotopic (exact) mass is 668 g/mol. The minimum atomic E-state index is -5.02. The summed E-state index contributed by atoms with van der Waals surface area (Å²) in [6, 6.07) is 5.25. The molecule has 244 valence electrons. The first-order valence-corrected chi connectivity index (χ1v) is 15.7. The van der Waals surface area contributed by atoms with Gasteiger partial charge in [-0.2, -0.15) is 13.5 Å². The Hall–Kier alpha value is -4.37. The lowest BCUT2D eigenvalue weighted by Crippen LogP contribution is -2.76. The number of aromatic nitrogens is 1. The predicted octanol–water partition coefficient (Wildman–Crippen LogP) is -0.515. The predicted molar refractivity (Wildman–Crippen MR) is 159 cm³/mol. The molecule has 20 heteroatoms. The fourth-order valence-electron chi connectivity index (χ4n) is 4.44. The van der Waals surface area contributed by atoms with Crippen LogP contribution in [0.15, 0.2) is 34.8 Å². The van der Waals surface area contributed by atoms with Crippen molar-refractivity contribution >= 4 is 56.2 Å². The van der Waals surface area contributed by atoms with Gasteiger partial charge >= 0.3 is 16.4 Å². The quantitative estimate of drug-likeness (QED) is 0.0466. The summed E-state index contributed by atoms with van der Waals surface area (Å²) >= 11 is 0.954. The number of nitrogen functional groups attached to an aromatic ring is 1.